The van der Waals surface area contributed by atoms with Gasteiger partial charge in [0, 0.05) is 6.20 Å². The molecule has 0 saturated heterocycles. The van der Waals surface area contributed by atoms with E-state index in [-0.39, 0.29) is 28.7 Å². The van der Waals surface area contributed by atoms with Crippen molar-refractivity contribution < 1.29 is 27.2 Å². The van der Waals surface area contributed by atoms with Crippen molar-refractivity contribution in [2.24, 2.45) is 0 Å². The van der Waals surface area contributed by atoms with E-state index < -0.39 is 17.6 Å². The Kier molecular flexibility index (Phi) is 3.47. The summed E-state index contributed by atoms with van der Waals surface area (Å²) in [5, 5.41) is 13.2. The molecule has 0 aliphatic heterocycles. The molecule has 0 radical (unpaired) electrons. The lowest BCUT2D eigenvalue weighted by Gasteiger charge is -2.05. The quantitative estimate of drug-likeness (QED) is 0.728. The van der Waals surface area contributed by atoms with Crippen LogP contribution in [-0.2, 0) is 6.18 Å². The topological polar surface area (TPSA) is 72.0 Å². The smallest absolute Gasteiger partial charge is 0.417 e. The zero-order chi connectivity index (χ0) is 16.6. The number of hydrogen-bond acceptors (Lipinski definition) is 5. The van der Waals surface area contributed by atoms with Gasteiger partial charge in [-0.15, -0.1) is 0 Å². The Balaban J connectivity index is 1.94. The highest BCUT2D eigenvalue weighted by molar-refractivity contribution is 5.64. The van der Waals surface area contributed by atoms with Gasteiger partial charge < -0.3 is 9.63 Å². The summed E-state index contributed by atoms with van der Waals surface area (Å²) in [6.07, 6.45) is -3.85. The van der Waals surface area contributed by atoms with Gasteiger partial charge in [0.2, 0.25) is 5.82 Å². The zero-order valence-electron chi connectivity index (χ0n) is 11.2. The minimum absolute atomic E-state index is 0.0318. The van der Waals surface area contributed by atoms with Gasteiger partial charge in [-0.3, -0.25) is 4.98 Å². The van der Waals surface area contributed by atoms with Crippen LogP contribution in [0.1, 0.15) is 5.56 Å². The van der Waals surface area contributed by atoms with E-state index in [0.717, 1.165) is 30.3 Å². The van der Waals surface area contributed by atoms with Crippen molar-refractivity contribution in [3.8, 4) is 28.7 Å². The Hall–Kier alpha value is -2.97. The summed E-state index contributed by atoms with van der Waals surface area (Å²) in [7, 11) is 0. The number of aromatic nitrogens is 3. The number of phenolic OH excluding ortho intramolecular Hbond substituents is 1. The molecule has 0 unspecified atom stereocenters. The van der Waals surface area contributed by atoms with E-state index in [1.165, 1.54) is 0 Å². The Labute approximate surface area is 126 Å². The van der Waals surface area contributed by atoms with Crippen LogP contribution < -0.4 is 0 Å². The fourth-order valence-corrected chi connectivity index (χ4v) is 1.81. The maximum absolute atomic E-state index is 13.2. The van der Waals surface area contributed by atoms with Crippen LogP contribution in [0.5, 0.6) is 5.75 Å². The summed E-state index contributed by atoms with van der Waals surface area (Å²) in [6, 6.07) is 5.08. The second kappa shape index (κ2) is 5.34. The van der Waals surface area contributed by atoms with Crippen LogP contribution in [0.15, 0.2) is 41.1 Å². The first kappa shape index (κ1) is 14.9. The SMILES string of the molecule is Oc1ccc(F)cc1-c1nc(-c2ccc(C(F)(F)F)cn2)no1. The van der Waals surface area contributed by atoms with Gasteiger partial charge in [-0.1, -0.05) is 5.16 Å². The van der Waals surface area contributed by atoms with Crippen molar-refractivity contribution in [1.82, 2.24) is 15.1 Å². The van der Waals surface area contributed by atoms with Crippen molar-refractivity contribution in [2.75, 3.05) is 0 Å². The molecule has 0 atom stereocenters. The Bertz CT molecular complexity index is 844. The number of alkyl halides is 3. The normalized spacial score (nSPS) is 11.7. The molecule has 0 aliphatic rings. The number of hydrogen-bond donors (Lipinski definition) is 1. The number of benzene rings is 1. The lowest BCUT2D eigenvalue weighted by atomic mass is 10.2. The number of phenols is 1. The molecule has 0 bridgehead atoms. The van der Waals surface area contributed by atoms with Crippen LogP contribution in [0.3, 0.4) is 0 Å². The van der Waals surface area contributed by atoms with E-state index in [9.17, 15) is 22.7 Å². The molecule has 9 heteroatoms. The highest BCUT2D eigenvalue weighted by atomic mass is 19.4. The molecule has 2 aromatic heterocycles. The summed E-state index contributed by atoms with van der Waals surface area (Å²) in [4.78, 5) is 7.52. The van der Waals surface area contributed by atoms with Gasteiger partial charge in [-0.25, -0.2) is 4.39 Å². The van der Waals surface area contributed by atoms with E-state index in [1.807, 2.05) is 0 Å². The van der Waals surface area contributed by atoms with E-state index in [2.05, 4.69) is 15.1 Å². The van der Waals surface area contributed by atoms with Crippen LogP contribution in [-0.4, -0.2) is 20.2 Å². The first-order valence-corrected chi connectivity index (χ1v) is 6.21. The third kappa shape index (κ3) is 2.98. The van der Waals surface area contributed by atoms with Gasteiger partial charge in [0.05, 0.1) is 11.1 Å². The number of nitrogens with zero attached hydrogens (tertiary/aromatic N) is 3. The molecule has 0 aliphatic carbocycles. The molecule has 118 valence electrons. The molecule has 0 saturated carbocycles. The van der Waals surface area contributed by atoms with E-state index in [1.54, 1.807) is 0 Å². The van der Waals surface area contributed by atoms with Gasteiger partial charge >= 0.3 is 6.18 Å². The first-order chi connectivity index (χ1) is 10.8. The molecule has 3 aromatic rings. The lowest BCUT2D eigenvalue weighted by Crippen LogP contribution is -2.05. The minimum atomic E-state index is -4.50. The molecular weight excluding hydrogens is 318 g/mol. The van der Waals surface area contributed by atoms with Crippen LogP contribution in [0.25, 0.3) is 23.0 Å². The second-order valence-electron chi connectivity index (χ2n) is 4.51. The molecule has 1 N–H and O–H groups in total. The summed E-state index contributed by atoms with van der Waals surface area (Å²) < 4.78 is 55.5. The monoisotopic (exact) mass is 325 g/mol. The van der Waals surface area contributed by atoms with Crippen molar-refractivity contribution in [1.29, 1.82) is 0 Å². The van der Waals surface area contributed by atoms with Gasteiger partial charge in [-0.05, 0) is 30.3 Å². The average molecular weight is 325 g/mol. The largest absolute Gasteiger partial charge is 0.507 e. The number of halogens is 4. The maximum Gasteiger partial charge on any atom is 0.417 e. The fraction of sp³-hybridized carbons (Fsp3) is 0.0714. The van der Waals surface area contributed by atoms with Crippen LogP contribution >= 0.6 is 0 Å². The third-order valence-corrected chi connectivity index (χ3v) is 2.93. The van der Waals surface area contributed by atoms with E-state index >= 15 is 0 Å². The van der Waals surface area contributed by atoms with Gasteiger partial charge in [0.15, 0.2) is 0 Å². The first-order valence-electron chi connectivity index (χ1n) is 6.21. The predicted octanol–water partition coefficient (Wildman–Crippen LogP) is 3.66. The average Bonchev–Trinajstić information content (AvgIpc) is 2.99. The van der Waals surface area contributed by atoms with Crippen LogP contribution in [0, 0.1) is 5.82 Å². The summed E-state index contributed by atoms with van der Waals surface area (Å²) in [5.74, 6) is -1.16. The molecule has 23 heavy (non-hydrogen) atoms. The standard InChI is InChI=1S/C14H7F4N3O2/c15-8-2-4-11(22)9(5-8)13-20-12(21-23-13)10-3-1-7(6-19-10)14(16,17)18/h1-6,22H. The third-order valence-electron chi connectivity index (χ3n) is 2.93. The molecule has 0 spiro atoms. The summed E-state index contributed by atoms with van der Waals surface area (Å²) in [5.41, 5.74) is -0.896. The summed E-state index contributed by atoms with van der Waals surface area (Å²) in [6.45, 7) is 0. The van der Waals surface area contributed by atoms with Gasteiger partial charge in [-0.2, -0.15) is 18.2 Å². The maximum atomic E-state index is 13.2. The highest BCUT2D eigenvalue weighted by Gasteiger charge is 2.30. The van der Waals surface area contributed by atoms with Crippen molar-refractivity contribution in [3.63, 3.8) is 0 Å². The fourth-order valence-electron chi connectivity index (χ4n) is 1.81. The number of aromatic hydroxyl groups is 1. The van der Waals surface area contributed by atoms with Crippen molar-refractivity contribution in [3.05, 3.63) is 47.9 Å². The highest BCUT2D eigenvalue weighted by Crippen LogP contribution is 2.31. The minimum Gasteiger partial charge on any atom is -0.507 e. The Morgan fingerprint density at radius 3 is 2.52 bits per heavy atom. The second-order valence-corrected chi connectivity index (χ2v) is 4.51. The molecule has 2 heterocycles. The number of rotatable bonds is 2. The Morgan fingerprint density at radius 2 is 1.87 bits per heavy atom. The number of pyridine rings is 1. The van der Waals surface area contributed by atoms with Crippen LogP contribution in [0.4, 0.5) is 17.6 Å². The molecule has 0 amide bonds. The molecule has 5 nitrogen and oxygen atoms in total. The predicted molar refractivity (Wildman–Crippen MR) is 69.6 cm³/mol. The Morgan fingerprint density at radius 1 is 1.09 bits per heavy atom. The molecular formula is C14H7F4N3O2. The summed E-state index contributed by atoms with van der Waals surface area (Å²) >= 11 is 0. The molecule has 1 aromatic carbocycles. The van der Waals surface area contributed by atoms with Gasteiger partial charge in [0.25, 0.3) is 5.89 Å². The lowest BCUT2D eigenvalue weighted by molar-refractivity contribution is -0.137. The molecule has 0 fully saturated rings. The zero-order valence-corrected chi connectivity index (χ0v) is 11.2. The van der Waals surface area contributed by atoms with Crippen molar-refractivity contribution in [2.45, 2.75) is 6.18 Å². The van der Waals surface area contributed by atoms with E-state index in [0.29, 0.717) is 6.20 Å². The van der Waals surface area contributed by atoms with Crippen molar-refractivity contribution >= 4 is 0 Å². The van der Waals surface area contributed by atoms with Gasteiger partial charge in [0.1, 0.15) is 17.3 Å². The molecule has 3 rings (SSSR count). The van der Waals surface area contributed by atoms with Crippen LogP contribution in [0.2, 0.25) is 0 Å². The van der Waals surface area contributed by atoms with E-state index in [4.69, 9.17) is 4.52 Å².